The summed E-state index contributed by atoms with van der Waals surface area (Å²) in [5.74, 6) is 0. The lowest BCUT2D eigenvalue weighted by atomic mass is 10.0. The minimum atomic E-state index is 0.427. The number of benzene rings is 2. The van der Waals surface area contributed by atoms with E-state index in [1.807, 2.05) is 0 Å². The Labute approximate surface area is 123 Å². The lowest BCUT2D eigenvalue weighted by Crippen LogP contribution is -2.20. The van der Waals surface area contributed by atoms with Crippen molar-refractivity contribution in [2.75, 3.05) is 0 Å². The Bertz CT molecular complexity index is 554. The fourth-order valence-corrected chi connectivity index (χ4v) is 2.57. The molecular formula is C19H25N. The molecule has 20 heavy (non-hydrogen) atoms. The van der Waals surface area contributed by atoms with E-state index in [2.05, 4.69) is 75.5 Å². The summed E-state index contributed by atoms with van der Waals surface area (Å²) in [5.41, 5.74) is 6.79. The first kappa shape index (κ1) is 14.8. The molecule has 106 valence electrons. The zero-order valence-corrected chi connectivity index (χ0v) is 13.0. The Kier molecular flexibility index (Phi) is 4.97. The molecule has 0 fully saturated rings. The van der Waals surface area contributed by atoms with Crippen LogP contribution in [0, 0.1) is 20.8 Å². The molecule has 2 aromatic rings. The maximum Gasteiger partial charge on any atom is 0.0320 e. The summed E-state index contributed by atoms with van der Waals surface area (Å²) >= 11 is 0. The smallest absolute Gasteiger partial charge is 0.0320 e. The zero-order valence-electron chi connectivity index (χ0n) is 13.0. The van der Waals surface area contributed by atoms with Gasteiger partial charge in [0.05, 0.1) is 0 Å². The highest BCUT2D eigenvalue weighted by Crippen LogP contribution is 2.19. The molecule has 1 heteroatoms. The zero-order chi connectivity index (χ0) is 14.5. The Hall–Kier alpha value is -1.60. The fraction of sp³-hybridized carbons (Fsp3) is 0.368. The molecule has 0 saturated carbocycles. The number of aryl methyl sites for hydroxylation is 3. The van der Waals surface area contributed by atoms with Crippen molar-refractivity contribution in [3.63, 3.8) is 0 Å². The van der Waals surface area contributed by atoms with Crippen LogP contribution in [0.15, 0.2) is 42.5 Å². The van der Waals surface area contributed by atoms with E-state index in [0.29, 0.717) is 6.04 Å². The van der Waals surface area contributed by atoms with Crippen LogP contribution >= 0.6 is 0 Å². The topological polar surface area (TPSA) is 12.0 Å². The van der Waals surface area contributed by atoms with Crippen molar-refractivity contribution in [1.29, 1.82) is 0 Å². The fourth-order valence-electron chi connectivity index (χ4n) is 2.57. The summed E-state index contributed by atoms with van der Waals surface area (Å²) < 4.78 is 0. The van der Waals surface area contributed by atoms with Gasteiger partial charge in [0.1, 0.15) is 0 Å². The summed E-state index contributed by atoms with van der Waals surface area (Å²) in [5, 5.41) is 3.68. The minimum absolute atomic E-state index is 0.427. The normalized spacial score (nSPS) is 12.4. The van der Waals surface area contributed by atoms with Gasteiger partial charge in [0, 0.05) is 12.6 Å². The first-order valence-electron chi connectivity index (χ1n) is 7.46. The lowest BCUT2D eigenvalue weighted by Gasteiger charge is -2.18. The molecule has 0 saturated heterocycles. The van der Waals surface area contributed by atoms with Crippen LogP contribution < -0.4 is 5.32 Å². The van der Waals surface area contributed by atoms with Gasteiger partial charge in [-0.1, -0.05) is 60.5 Å². The number of hydrogen-bond donors (Lipinski definition) is 1. The van der Waals surface area contributed by atoms with Crippen LogP contribution in [0.5, 0.6) is 0 Å². The summed E-state index contributed by atoms with van der Waals surface area (Å²) in [6.07, 6.45) is 1.11. The van der Waals surface area contributed by atoms with Gasteiger partial charge in [-0.15, -0.1) is 0 Å². The van der Waals surface area contributed by atoms with Crippen LogP contribution in [-0.4, -0.2) is 0 Å². The van der Waals surface area contributed by atoms with Crippen molar-refractivity contribution in [2.45, 2.75) is 46.7 Å². The number of rotatable bonds is 5. The van der Waals surface area contributed by atoms with E-state index in [-0.39, 0.29) is 0 Å². The van der Waals surface area contributed by atoms with Gasteiger partial charge < -0.3 is 5.32 Å². The van der Waals surface area contributed by atoms with E-state index in [9.17, 15) is 0 Å². The molecule has 0 aliphatic rings. The predicted octanol–water partition coefficient (Wildman–Crippen LogP) is 4.85. The summed E-state index contributed by atoms with van der Waals surface area (Å²) in [4.78, 5) is 0. The van der Waals surface area contributed by atoms with Gasteiger partial charge in [0.2, 0.25) is 0 Å². The average Bonchev–Trinajstić information content (AvgIpc) is 2.43. The Balaban J connectivity index is 2.05. The molecule has 1 N–H and O–H groups in total. The molecule has 0 spiro atoms. The molecule has 1 nitrogen and oxygen atoms in total. The monoisotopic (exact) mass is 267 g/mol. The largest absolute Gasteiger partial charge is 0.306 e. The maximum absolute atomic E-state index is 3.68. The molecule has 1 atom stereocenters. The van der Waals surface area contributed by atoms with E-state index >= 15 is 0 Å². The third-order valence-corrected chi connectivity index (χ3v) is 3.92. The SMILES string of the molecule is CCC(NCc1ccc(C)cc1C)c1ccc(C)cc1. The average molecular weight is 267 g/mol. The second-order valence-corrected chi connectivity index (χ2v) is 5.68. The first-order chi connectivity index (χ1) is 9.60. The third kappa shape index (κ3) is 3.71. The standard InChI is InChI=1S/C19H25N/c1-5-19(17-9-6-14(2)7-10-17)20-13-18-11-8-15(3)12-16(18)4/h6-12,19-20H,5,13H2,1-4H3. The van der Waals surface area contributed by atoms with Crippen LogP contribution in [0.25, 0.3) is 0 Å². The Morgan fingerprint density at radius 2 is 1.55 bits per heavy atom. The van der Waals surface area contributed by atoms with E-state index in [1.165, 1.54) is 27.8 Å². The molecule has 0 aromatic heterocycles. The summed E-state index contributed by atoms with van der Waals surface area (Å²) in [7, 11) is 0. The van der Waals surface area contributed by atoms with Crippen molar-refractivity contribution >= 4 is 0 Å². The van der Waals surface area contributed by atoms with Crippen LogP contribution in [0.3, 0.4) is 0 Å². The van der Waals surface area contributed by atoms with Gasteiger partial charge in [0.15, 0.2) is 0 Å². The van der Waals surface area contributed by atoms with Crippen LogP contribution in [-0.2, 0) is 6.54 Å². The second-order valence-electron chi connectivity index (χ2n) is 5.68. The number of nitrogens with one attached hydrogen (secondary N) is 1. The molecular weight excluding hydrogens is 242 g/mol. The van der Waals surface area contributed by atoms with Gasteiger partial charge in [-0.25, -0.2) is 0 Å². The third-order valence-electron chi connectivity index (χ3n) is 3.92. The van der Waals surface area contributed by atoms with Gasteiger partial charge in [-0.2, -0.15) is 0 Å². The number of hydrogen-bond acceptors (Lipinski definition) is 1. The Morgan fingerprint density at radius 1 is 0.900 bits per heavy atom. The highest BCUT2D eigenvalue weighted by molar-refractivity contribution is 5.30. The van der Waals surface area contributed by atoms with Crippen LogP contribution in [0.1, 0.15) is 47.2 Å². The van der Waals surface area contributed by atoms with Crippen molar-refractivity contribution in [3.8, 4) is 0 Å². The van der Waals surface area contributed by atoms with E-state index in [4.69, 9.17) is 0 Å². The van der Waals surface area contributed by atoms with Crippen molar-refractivity contribution in [1.82, 2.24) is 5.32 Å². The van der Waals surface area contributed by atoms with Crippen molar-refractivity contribution < 1.29 is 0 Å². The van der Waals surface area contributed by atoms with E-state index in [0.717, 1.165) is 13.0 Å². The van der Waals surface area contributed by atoms with Gasteiger partial charge in [-0.05, 0) is 43.9 Å². The molecule has 2 aromatic carbocycles. The highest BCUT2D eigenvalue weighted by atomic mass is 14.9. The molecule has 0 amide bonds. The maximum atomic E-state index is 3.68. The summed E-state index contributed by atoms with van der Waals surface area (Å²) in [6.45, 7) is 9.63. The predicted molar refractivity (Wildman–Crippen MR) is 87.0 cm³/mol. The van der Waals surface area contributed by atoms with Crippen LogP contribution in [0.4, 0.5) is 0 Å². The molecule has 0 aliphatic carbocycles. The van der Waals surface area contributed by atoms with E-state index in [1.54, 1.807) is 0 Å². The molecule has 1 unspecified atom stereocenters. The molecule has 0 bridgehead atoms. The molecule has 0 heterocycles. The molecule has 0 aliphatic heterocycles. The van der Waals surface area contributed by atoms with Crippen molar-refractivity contribution in [3.05, 3.63) is 70.3 Å². The second kappa shape index (κ2) is 6.71. The molecule has 2 rings (SSSR count). The lowest BCUT2D eigenvalue weighted by molar-refractivity contribution is 0.518. The van der Waals surface area contributed by atoms with Gasteiger partial charge >= 0.3 is 0 Å². The molecule has 0 radical (unpaired) electrons. The van der Waals surface area contributed by atoms with Crippen LogP contribution in [0.2, 0.25) is 0 Å². The minimum Gasteiger partial charge on any atom is -0.306 e. The van der Waals surface area contributed by atoms with Gasteiger partial charge in [-0.3, -0.25) is 0 Å². The van der Waals surface area contributed by atoms with Crippen molar-refractivity contribution in [2.24, 2.45) is 0 Å². The first-order valence-corrected chi connectivity index (χ1v) is 7.46. The van der Waals surface area contributed by atoms with Gasteiger partial charge in [0.25, 0.3) is 0 Å². The Morgan fingerprint density at radius 3 is 2.15 bits per heavy atom. The summed E-state index contributed by atoms with van der Waals surface area (Å²) in [6, 6.07) is 16.0. The quantitative estimate of drug-likeness (QED) is 0.816. The van der Waals surface area contributed by atoms with E-state index < -0.39 is 0 Å². The highest BCUT2D eigenvalue weighted by Gasteiger charge is 2.09.